The lowest BCUT2D eigenvalue weighted by atomic mass is 10.2. The molecule has 0 unspecified atom stereocenters. The number of hydrogen-bond donors (Lipinski definition) is 0. The minimum atomic E-state index is -0.193. The summed E-state index contributed by atoms with van der Waals surface area (Å²) in [4.78, 5) is 4.28. The lowest BCUT2D eigenvalue weighted by molar-refractivity contribution is -0.0942. The van der Waals surface area contributed by atoms with Crippen LogP contribution in [0.2, 0.25) is 0 Å². The van der Waals surface area contributed by atoms with Crippen molar-refractivity contribution < 1.29 is 14.2 Å². The average molecular weight is 261 g/mol. The van der Waals surface area contributed by atoms with E-state index in [2.05, 4.69) is 10.1 Å². The van der Waals surface area contributed by atoms with Gasteiger partial charge < -0.3 is 14.2 Å². The van der Waals surface area contributed by atoms with Crippen LogP contribution in [0.3, 0.4) is 0 Å². The Balaban J connectivity index is 1.99. The van der Waals surface area contributed by atoms with Gasteiger partial charge in [0.25, 0.3) is 0 Å². The number of hydrogen-bond acceptors (Lipinski definition) is 5. The number of aromatic nitrogens is 3. The molecule has 0 aliphatic carbocycles. The second kappa shape index (κ2) is 5.38. The van der Waals surface area contributed by atoms with E-state index >= 15 is 0 Å². The van der Waals surface area contributed by atoms with Crippen LogP contribution in [0.5, 0.6) is 5.75 Å². The first-order valence-corrected chi connectivity index (χ1v) is 6.13. The summed E-state index contributed by atoms with van der Waals surface area (Å²) in [6, 6.07) is 7.67. The fourth-order valence-electron chi connectivity index (χ4n) is 2.10. The summed E-state index contributed by atoms with van der Waals surface area (Å²) in [6.07, 6.45) is 1.32. The molecule has 1 aromatic heterocycles. The fourth-order valence-corrected chi connectivity index (χ4v) is 2.10. The quantitative estimate of drug-likeness (QED) is 0.835. The standard InChI is InChI=1S/C13H15N3O3/c1-17-11-5-3-2-4-10(11)16-13(14-9-15-16)12-8-18-6-7-19-12/h2-5,9,12H,6-8H2,1H3/t12-/m1/s1. The van der Waals surface area contributed by atoms with E-state index in [0.717, 1.165) is 17.3 Å². The third-order valence-corrected chi connectivity index (χ3v) is 2.99. The maximum atomic E-state index is 5.67. The van der Waals surface area contributed by atoms with Crippen molar-refractivity contribution in [3.8, 4) is 11.4 Å². The summed E-state index contributed by atoms with van der Waals surface area (Å²) in [5.41, 5.74) is 0.840. The average Bonchev–Trinajstić information content (AvgIpc) is 2.97. The Morgan fingerprint density at radius 1 is 1.32 bits per heavy atom. The summed E-state index contributed by atoms with van der Waals surface area (Å²) in [7, 11) is 1.63. The molecule has 1 aliphatic heterocycles. The zero-order valence-corrected chi connectivity index (χ0v) is 10.7. The lowest BCUT2D eigenvalue weighted by Crippen LogP contribution is -2.24. The van der Waals surface area contributed by atoms with Gasteiger partial charge in [-0.2, -0.15) is 5.10 Å². The summed E-state index contributed by atoms with van der Waals surface area (Å²) in [5.74, 6) is 1.47. The van der Waals surface area contributed by atoms with E-state index in [4.69, 9.17) is 14.2 Å². The highest BCUT2D eigenvalue weighted by Gasteiger charge is 2.23. The Morgan fingerprint density at radius 2 is 2.21 bits per heavy atom. The first-order chi connectivity index (χ1) is 9.40. The highest BCUT2D eigenvalue weighted by Crippen LogP contribution is 2.26. The van der Waals surface area contributed by atoms with Gasteiger partial charge in [-0.05, 0) is 12.1 Å². The molecule has 0 bridgehead atoms. The summed E-state index contributed by atoms with van der Waals surface area (Å²) in [5, 5.41) is 4.26. The summed E-state index contributed by atoms with van der Waals surface area (Å²) < 4.78 is 18.2. The number of para-hydroxylation sites is 2. The molecule has 100 valence electrons. The van der Waals surface area contributed by atoms with Crippen molar-refractivity contribution in [3.63, 3.8) is 0 Å². The molecule has 6 nitrogen and oxygen atoms in total. The van der Waals surface area contributed by atoms with Crippen molar-refractivity contribution in [1.82, 2.24) is 14.8 Å². The Kier molecular flexibility index (Phi) is 3.43. The molecule has 19 heavy (non-hydrogen) atoms. The molecule has 2 heterocycles. The molecular formula is C13H15N3O3. The molecule has 0 radical (unpaired) electrons. The first-order valence-electron chi connectivity index (χ1n) is 6.13. The van der Waals surface area contributed by atoms with Gasteiger partial charge in [0.2, 0.25) is 0 Å². The van der Waals surface area contributed by atoms with Crippen LogP contribution in [0.15, 0.2) is 30.6 Å². The molecule has 0 N–H and O–H groups in total. The summed E-state index contributed by atoms with van der Waals surface area (Å²) >= 11 is 0. The predicted octanol–water partition coefficient (Wildman–Crippen LogP) is 1.36. The van der Waals surface area contributed by atoms with Crippen molar-refractivity contribution in [2.75, 3.05) is 26.9 Å². The third-order valence-electron chi connectivity index (χ3n) is 2.99. The summed E-state index contributed by atoms with van der Waals surface area (Å²) in [6.45, 7) is 1.69. The smallest absolute Gasteiger partial charge is 0.163 e. The zero-order chi connectivity index (χ0) is 13.1. The number of rotatable bonds is 3. The molecule has 0 spiro atoms. The SMILES string of the molecule is COc1ccccc1-n1ncnc1[C@H]1COCCO1. The Bertz CT molecular complexity index is 550. The largest absolute Gasteiger partial charge is 0.494 e. The molecule has 1 aliphatic rings. The second-order valence-electron chi connectivity index (χ2n) is 4.14. The molecule has 3 rings (SSSR count). The van der Waals surface area contributed by atoms with Gasteiger partial charge in [-0.3, -0.25) is 0 Å². The third kappa shape index (κ3) is 2.32. The van der Waals surface area contributed by atoms with E-state index in [0.29, 0.717) is 19.8 Å². The van der Waals surface area contributed by atoms with Crippen molar-refractivity contribution in [1.29, 1.82) is 0 Å². The fraction of sp³-hybridized carbons (Fsp3) is 0.385. The maximum absolute atomic E-state index is 5.67. The minimum absolute atomic E-state index is 0.193. The maximum Gasteiger partial charge on any atom is 0.163 e. The highest BCUT2D eigenvalue weighted by atomic mass is 16.6. The molecule has 0 saturated carbocycles. The normalized spacial score (nSPS) is 19.3. The number of methoxy groups -OCH3 is 1. The molecule has 1 aromatic carbocycles. The van der Waals surface area contributed by atoms with Gasteiger partial charge in [0, 0.05) is 0 Å². The van der Waals surface area contributed by atoms with Crippen LogP contribution in [-0.4, -0.2) is 41.7 Å². The zero-order valence-electron chi connectivity index (χ0n) is 10.7. The van der Waals surface area contributed by atoms with Crippen molar-refractivity contribution in [2.45, 2.75) is 6.10 Å². The Hall–Kier alpha value is -1.92. The molecule has 1 fully saturated rings. The van der Waals surface area contributed by atoms with E-state index in [-0.39, 0.29) is 6.10 Å². The van der Waals surface area contributed by atoms with E-state index in [1.807, 2.05) is 24.3 Å². The monoisotopic (exact) mass is 261 g/mol. The predicted molar refractivity (Wildman–Crippen MR) is 67.4 cm³/mol. The van der Waals surface area contributed by atoms with Gasteiger partial charge in [0.1, 0.15) is 23.9 Å². The molecule has 0 amide bonds. The number of nitrogens with zero attached hydrogens (tertiary/aromatic N) is 3. The Morgan fingerprint density at radius 3 is 3.00 bits per heavy atom. The van der Waals surface area contributed by atoms with E-state index in [1.54, 1.807) is 11.8 Å². The van der Waals surface area contributed by atoms with Crippen LogP contribution >= 0.6 is 0 Å². The van der Waals surface area contributed by atoms with Gasteiger partial charge in [-0.15, -0.1) is 0 Å². The molecule has 6 heteroatoms. The van der Waals surface area contributed by atoms with Crippen LogP contribution in [0.25, 0.3) is 5.69 Å². The molecule has 1 saturated heterocycles. The highest BCUT2D eigenvalue weighted by molar-refractivity contribution is 5.46. The van der Waals surface area contributed by atoms with E-state index in [9.17, 15) is 0 Å². The second-order valence-corrected chi connectivity index (χ2v) is 4.14. The number of benzene rings is 1. The van der Waals surface area contributed by atoms with Crippen LogP contribution in [0.1, 0.15) is 11.9 Å². The van der Waals surface area contributed by atoms with E-state index in [1.165, 1.54) is 6.33 Å². The van der Waals surface area contributed by atoms with Gasteiger partial charge in [-0.1, -0.05) is 12.1 Å². The minimum Gasteiger partial charge on any atom is -0.494 e. The molecule has 2 aromatic rings. The molecular weight excluding hydrogens is 246 g/mol. The van der Waals surface area contributed by atoms with Crippen LogP contribution in [-0.2, 0) is 9.47 Å². The van der Waals surface area contributed by atoms with Crippen LogP contribution in [0, 0.1) is 0 Å². The number of ether oxygens (including phenoxy) is 3. The lowest BCUT2D eigenvalue weighted by Gasteiger charge is -2.22. The van der Waals surface area contributed by atoms with Gasteiger partial charge >= 0.3 is 0 Å². The molecule has 1 atom stereocenters. The Labute approximate surface area is 110 Å². The topological polar surface area (TPSA) is 58.4 Å². The van der Waals surface area contributed by atoms with Crippen molar-refractivity contribution in [3.05, 3.63) is 36.4 Å². The van der Waals surface area contributed by atoms with Crippen molar-refractivity contribution in [2.24, 2.45) is 0 Å². The van der Waals surface area contributed by atoms with Gasteiger partial charge in [0.05, 0.1) is 26.9 Å². The van der Waals surface area contributed by atoms with Gasteiger partial charge in [0.15, 0.2) is 5.82 Å². The van der Waals surface area contributed by atoms with Crippen LogP contribution in [0.4, 0.5) is 0 Å². The first kappa shape index (κ1) is 12.1. The van der Waals surface area contributed by atoms with Gasteiger partial charge in [-0.25, -0.2) is 9.67 Å². The van der Waals surface area contributed by atoms with Crippen LogP contribution < -0.4 is 4.74 Å². The van der Waals surface area contributed by atoms with Crippen molar-refractivity contribution >= 4 is 0 Å². The van der Waals surface area contributed by atoms with E-state index < -0.39 is 0 Å².